The highest BCUT2D eigenvalue weighted by atomic mass is 16.6. The summed E-state index contributed by atoms with van der Waals surface area (Å²) in [6.07, 6.45) is 2.58. The maximum Gasteiger partial charge on any atom is 0.407 e. The van der Waals surface area contributed by atoms with E-state index < -0.39 is 17.7 Å². The zero-order chi connectivity index (χ0) is 21.9. The Labute approximate surface area is 174 Å². The number of nitrogens with one attached hydrogen (secondary N) is 2. The number of ether oxygens (including phenoxy) is 2. The Bertz CT molecular complexity index is 966. The number of carbonyl (C=O) groups is 2. The molecule has 1 aliphatic heterocycles. The predicted octanol–water partition coefficient (Wildman–Crippen LogP) is 1.69. The number of aromatic nitrogens is 3. The molecule has 0 unspecified atom stereocenters. The van der Waals surface area contributed by atoms with Crippen LogP contribution in [0.15, 0.2) is 17.1 Å². The van der Waals surface area contributed by atoms with E-state index in [4.69, 9.17) is 9.47 Å². The Hall–Kier alpha value is -2.88. The van der Waals surface area contributed by atoms with E-state index in [-0.39, 0.29) is 29.4 Å². The van der Waals surface area contributed by atoms with Crippen molar-refractivity contribution >= 4 is 17.7 Å². The second-order valence-electron chi connectivity index (χ2n) is 8.35. The Balaban J connectivity index is 1.62. The molecule has 2 aromatic rings. The summed E-state index contributed by atoms with van der Waals surface area (Å²) < 4.78 is 11.6. The molecule has 3 heterocycles. The first-order chi connectivity index (χ1) is 14.2. The quantitative estimate of drug-likeness (QED) is 0.708. The third kappa shape index (κ3) is 5.38. The summed E-state index contributed by atoms with van der Waals surface area (Å²) in [6.45, 7) is 9.45. The number of H-pyrrole nitrogens is 1. The van der Waals surface area contributed by atoms with Gasteiger partial charge in [0, 0.05) is 37.9 Å². The van der Waals surface area contributed by atoms with E-state index in [9.17, 15) is 14.4 Å². The van der Waals surface area contributed by atoms with Gasteiger partial charge < -0.3 is 14.8 Å². The number of rotatable bonds is 5. The van der Waals surface area contributed by atoms with Gasteiger partial charge in [0.25, 0.3) is 5.56 Å². The lowest BCUT2D eigenvalue weighted by Gasteiger charge is -2.32. The lowest BCUT2D eigenvalue weighted by atomic mass is 10.1. The average molecular weight is 419 g/mol. The molecule has 0 saturated carbocycles. The van der Waals surface area contributed by atoms with E-state index in [1.54, 1.807) is 6.92 Å². The number of hydrogen-bond acceptors (Lipinski definition) is 7. The monoisotopic (exact) mass is 419 g/mol. The average Bonchev–Trinajstić information content (AvgIpc) is 3.06. The molecule has 2 aromatic heterocycles. The molecule has 2 N–H and O–H groups in total. The molecular formula is C20H29N5O5. The van der Waals surface area contributed by atoms with Gasteiger partial charge in [-0.15, -0.1) is 0 Å². The van der Waals surface area contributed by atoms with Crippen molar-refractivity contribution in [2.24, 2.45) is 0 Å². The fourth-order valence-electron chi connectivity index (χ4n) is 3.41. The fourth-order valence-corrected chi connectivity index (χ4v) is 3.41. The van der Waals surface area contributed by atoms with E-state index in [0.29, 0.717) is 12.2 Å². The molecule has 1 aliphatic rings. The van der Waals surface area contributed by atoms with Crippen LogP contribution in [0.2, 0.25) is 0 Å². The summed E-state index contributed by atoms with van der Waals surface area (Å²) in [5.74, 6) is -0.519. The summed E-state index contributed by atoms with van der Waals surface area (Å²) in [7, 11) is 0. The molecule has 1 amide bonds. The van der Waals surface area contributed by atoms with Crippen molar-refractivity contribution in [3.8, 4) is 0 Å². The van der Waals surface area contributed by atoms with Crippen LogP contribution in [-0.2, 0) is 16.0 Å². The van der Waals surface area contributed by atoms with Crippen LogP contribution in [0.1, 0.15) is 56.6 Å². The number of piperidine rings is 1. The lowest BCUT2D eigenvalue weighted by molar-refractivity contribution is 0.0475. The second-order valence-corrected chi connectivity index (χ2v) is 8.35. The first-order valence-corrected chi connectivity index (χ1v) is 10.2. The fraction of sp³-hybridized carbons (Fsp3) is 0.600. The van der Waals surface area contributed by atoms with Crippen molar-refractivity contribution in [3.63, 3.8) is 0 Å². The number of esters is 1. The van der Waals surface area contributed by atoms with E-state index in [1.807, 2.05) is 20.8 Å². The van der Waals surface area contributed by atoms with Gasteiger partial charge in [-0.05, 0) is 40.5 Å². The summed E-state index contributed by atoms with van der Waals surface area (Å²) in [5, 5.41) is 5.65. The number of fused-ring (bicyclic) bond motifs is 1. The van der Waals surface area contributed by atoms with Crippen molar-refractivity contribution in [2.75, 3.05) is 19.7 Å². The minimum atomic E-state index is -0.524. The summed E-state index contributed by atoms with van der Waals surface area (Å²) >= 11 is 0. The van der Waals surface area contributed by atoms with Crippen LogP contribution >= 0.6 is 0 Å². The normalized spacial score (nSPS) is 15.9. The highest BCUT2D eigenvalue weighted by Crippen LogP contribution is 2.15. The molecule has 10 nitrogen and oxygen atoms in total. The van der Waals surface area contributed by atoms with Crippen LogP contribution in [0.25, 0.3) is 5.65 Å². The first-order valence-electron chi connectivity index (χ1n) is 10.2. The smallest absolute Gasteiger partial charge is 0.407 e. The number of nitrogens with zero attached hydrogens (tertiary/aromatic N) is 3. The molecule has 1 fully saturated rings. The molecule has 0 bridgehead atoms. The molecular weight excluding hydrogens is 390 g/mol. The van der Waals surface area contributed by atoms with Crippen LogP contribution in [0.3, 0.4) is 0 Å². The maximum atomic E-state index is 12.4. The Morgan fingerprint density at radius 3 is 2.63 bits per heavy atom. The van der Waals surface area contributed by atoms with Crippen molar-refractivity contribution < 1.29 is 19.1 Å². The van der Waals surface area contributed by atoms with Crippen molar-refractivity contribution in [2.45, 2.75) is 58.7 Å². The van der Waals surface area contributed by atoms with Gasteiger partial charge in [-0.1, -0.05) is 0 Å². The van der Waals surface area contributed by atoms with Gasteiger partial charge in [-0.25, -0.2) is 19.1 Å². The predicted molar refractivity (Wildman–Crippen MR) is 109 cm³/mol. The van der Waals surface area contributed by atoms with Crippen LogP contribution in [0, 0.1) is 0 Å². The number of likely N-dealkylation sites (tertiary alicyclic amines) is 1. The molecule has 0 radical (unpaired) electrons. The molecule has 164 valence electrons. The van der Waals surface area contributed by atoms with Crippen LogP contribution in [-0.4, -0.2) is 62.9 Å². The molecule has 0 atom stereocenters. The highest BCUT2D eigenvalue weighted by Gasteiger charge is 2.24. The minimum Gasteiger partial charge on any atom is -0.462 e. The first kappa shape index (κ1) is 21.8. The largest absolute Gasteiger partial charge is 0.462 e. The van der Waals surface area contributed by atoms with Gasteiger partial charge in [-0.2, -0.15) is 0 Å². The zero-order valence-electron chi connectivity index (χ0n) is 17.9. The third-order valence-corrected chi connectivity index (χ3v) is 4.74. The van der Waals surface area contributed by atoms with Gasteiger partial charge in [0.2, 0.25) is 0 Å². The number of alkyl carbamates (subject to hydrolysis) is 1. The topological polar surface area (TPSA) is 118 Å². The Morgan fingerprint density at radius 2 is 2.00 bits per heavy atom. The molecule has 0 aliphatic carbocycles. The van der Waals surface area contributed by atoms with Gasteiger partial charge in [-0.3, -0.25) is 14.8 Å². The number of carbonyl (C=O) groups excluding carboxylic acids is 2. The van der Waals surface area contributed by atoms with Gasteiger partial charge in [0.1, 0.15) is 11.2 Å². The minimum absolute atomic E-state index is 0.0530. The molecule has 3 rings (SSSR count). The van der Waals surface area contributed by atoms with Crippen LogP contribution in [0.4, 0.5) is 4.79 Å². The van der Waals surface area contributed by atoms with Gasteiger partial charge >= 0.3 is 12.1 Å². The third-order valence-electron chi connectivity index (χ3n) is 4.74. The van der Waals surface area contributed by atoms with Crippen molar-refractivity contribution in [1.29, 1.82) is 0 Å². The standard InChI is InChI=1S/C20H29N5O5/c1-5-29-18(27)15-11-21-25-16(26)10-14(22-17(15)25)12-24-8-6-13(7-9-24)23-19(28)30-20(2,3)4/h10-11,13,21H,5-9,12H2,1-4H3,(H,23,28). The lowest BCUT2D eigenvalue weighted by Crippen LogP contribution is -2.46. The number of aromatic amines is 1. The summed E-state index contributed by atoms with van der Waals surface area (Å²) in [4.78, 5) is 43.1. The molecule has 0 spiro atoms. The molecule has 0 aromatic carbocycles. The van der Waals surface area contributed by atoms with E-state index in [1.165, 1.54) is 16.8 Å². The second kappa shape index (κ2) is 8.86. The Kier molecular flexibility index (Phi) is 6.45. The zero-order valence-corrected chi connectivity index (χ0v) is 17.9. The number of amides is 1. The maximum absolute atomic E-state index is 12.4. The van der Waals surface area contributed by atoms with Gasteiger partial charge in [0.15, 0.2) is 5.65 Å². The van der Waals surface area contributed by atoms with Crippen molar-refractivity contribution in [3.05, 3.63) is 33.9 Å². The van der Waals surface area contributed by atoms with E-state index in [2.05, 4.69) is 20.3 Å². The molecule has 1 saturated heterocycles. The SMILES string of the molecule is CCOC(=O)c1c[nH]n2c(=O)cc(CN3CCC(NC(=O)OC(C)(C)C)CC3)nc12. The van der Waals surface area contributed by atoms with E-state index >= 15 is 0 Å². The molecule has 30 heavy (non-hydrogen) atoms. The summed E-state index contributed by atoms with van der Waals surface area (Å²) in [6, 6.07) is 1.51. The van der Waals surface area contributed by atoms with Gasteiger partial charge in [0.05, 0.1) is 12.3 Å². The van der Waals surface area contributed by atoms with Crippen LogP contribution < -0.4 is 10.9 Å². The van der Waals surface area contributed by atoms with E-state index in [0.717, 1.165) is 25.9 Å². The number of hydrogen-bond donors (Lipinski definition) is 2. The molecule has 10 heteroatoms. The summed E-state index contributed by atoms with van der Waals surface area (Å²) in [5.41, 5.74) is 0.272. The Morgan fingerprint density at radius 1 is 1.30 bits per heavy atom. The van der Waals surface area contributed by atoms with Crippen molar-refractivity contribution in [1.82, 2.24) is 24.8 Å². The highest BCUT2D eigenvalue weighted by molar-refractivity contribution is 5.95. The van der Waals surface area contributed by atoms with Crippen LogP contribution in [0.5, 0.6) is 0 Å².